The Balaban J connectivity index is 1.45. The Hall–Kier alpha value is -3.29. The molecule has 0 N–H and O–H groups in total. The number of hydrogen-bond acceptors (Lipinski definition) is 5. The lowest BCUT2D eigenvalue weighted by molar-refractivity contribution is 0.0683. The van der Waals surface area contributed by atoms with Gasteiger partial charge in [0, 0.05) is 32.8 Å². The van der Waals surface area contributed by atoms with Crippen molar-refractivity contribution in [2.45, 2.75) is 19.3 Å². The van der Waals surface area contributed by atoms with Gasteiger partial charge >= 0.3 is 5.69 Å². The van der Waals surface area contributed by atoms with Gasteiger partial charge in [0.25, 0.3) is 5.91 Å². The smallest absolute Gasteiger partial charge is 0.337 e. The maximum absolute atomic E-state index is 12.5. The molecule has 1 aromatic carbocycles. The summed E-state index contributed by atoms with van der Waals surface area (Å²) < 4.78 is 3.06. The Kier molecular flexibility index (Phi) is 5.01. The molecule has 0 radical (unpaired) electrons. The average molecular weight is 378 g/mol. The summed E-state index contributed by atoms with van der Waals surface area (Å²) in [6.45, 7) is 1.35. The molecule has 0 spiro atoms. The molecule has 3 aromatic rings. The predicted molar refractivity (Wildman–Crippen MR) is 103 cm³/mol. The normalized spacial score (nSPS) is 15.0. The van der Waals surface area contributed by atoms with E-state index in [1.807, 2.05) is 35.2 Å². The number of aromatic nitrogens is 5. The number of nitrogens with zero attached hydrogens (tertiary/aromatic N) is 6. The number of carbonyl (C=O) groups excluding carboxylic acids is 1. The molecule has 1 aliphatic rings. The van der Waals surface area contributed by atoms with Crippen LogP contribution in [0.4, 0.5) is 0 Å². The molecule has 144 valence electrons. The molecule has 0 aliphatic carbocycles. The highest BCUT2D eigenvalue weighted by Crippen LogP contribution is 2.22. The number of likely N-dealkylation sites (tertiary alicyclic amines) is 1. The molecule has 0 bridgehead atoms. The van der Waals surface area contributed by atoms with E-state index in [0.29, 0.717) is 31.1 Å². The van der Waals surface area contributed by atoms with E-state index in [2.05, 4.69) is 15.1 Å². The standard InChI is InChI=1S/C20H22N6O2/c1-24-20(28)26(16-5-3-2-4-6-16)18(23-24)13-15-8-11-25(12-9-15)19(27)17-7-10-21-14-22-17/h2-7,10,14-15H,8-9,11-13H2,1H3. The molecule has 8 heteroatoms. The molecular weight excluding hydrogens is 356 g/mol. The third-order valence-electron chi connectivity index (χ3n) is 5.18. The Labute approximate surface area is 162 Å². The molecule has 0 saturated carbocycles. The van der Waals surface area contributed by atoms with Crippen LogP contribution in [0.25, 0.3) is 5.69 Å². The van der Waals surface area contributed by atoms with Gasteiger partial charge in [-0.2, -0.15) is 5.10 Å². The van der Waals surface area contributed by atoms with Gasteiger partial charge in [0.2, 0.25) is 0 Å². The lowest BCUT2D eigenvalue weighted by atomic mass is 9.93. The summed E-state index contributed by atoms with van der Waals surface area (Å²) in [6, 6.07) is 11.2. The summed E-state index contributed by atoms with van der Waals surface area (Å²) in [5.41, 5.74) is 1.11. The quantitative estimate of drug-likeness (QED) is 0.686. The van der Waals surface area contributed by atoms with Crippen molar-refractivity contribution in [3.05, 3.63) is 70.9 Å². The predicted octanol–water partition coefficient (Wildman–Crippen LogP) is 1.46. The molecule has 8 nitrogen and oxygen atoms in total. The highest BCUT2D eigenvalue weighted by molar-refractivity contribution is 5.92. The number of aryl methyl sites for hydroxylation is 1. The van der Waals surface area contributed by atoms with E-state index in [4.69, 9.17) is 0 Å². The van der Waals surface area contributed by atoms with Crippen molar-refractivity contribution in [1.82, 2.24) is 29.2 Å². The first-order chi connectivity index (χ1) is 13.6. The van der Waals surface area contributed by atoms with Gasteiger partial charge in [0.15, 0.2) is 0 Å². The Bertz CT molecular complexity index is 1000. The van der Waals surface area contributed by atoms with Crippen LogP contribution in [-0.4, -0.2) is 48.2 Å². The van der Waals surface area contributed by atoms with E-state index in [0.717, 1.165) is 24.4 Å². The Morgan fingerprint density at radius 3 is 2.57 bits per heavy atom. The summed E-state index contributed by atoms with van der Waals surface area (Å²) in [5.74, 6) is 1.08. The van der Waals surface area contributed by atoms with Crippen molar-refractivity contribution in [3.63, 3.8) is 0 Å². The van der Waals surface area contributed by atoms with Gasteiger partial charge in [-0.15, -0.1) is 0 Å². The summed E-state index contributed by atoms with van der Waals surface area (Å²) >= 11 is 0. The number of para-hydroxylation sites is 1. The molecular formula is C20H22N6O2. The monoisotopic (exact) mass is 378 g/mol. The van der Waals surface area contributed by atoms with E-state index in [9.17, 15) is 9.59 Å². The molecule has 1 saturated heterocycles. The van der Waals surface area contributed by atoms with E-state index >= 15 is 0 Å². The second-order valence-electron chi connectivity index (χ2n) is 7.03. The third kappa shape index (κ3) is 3.58. The topological polar surface area (TPSA) is 85.9 Å². The average Bonchev–Trinajstić information content (AvgIpc) is 3.02. The first-order valence-corrected chi connectivity index (χ1v) is 9.39. The van der Waals surface area contributed by atoms with Crippen molar-refractivity contribution < 1.29 is 4.79 Å². The van der Waals surface area contributed by atoms with Gasteiger partial charge in [-0.25, -0.2) is 24.0 Å². The minimum atomic E-state index is -0.141. The molecule has 1 amide bonds. The van der Waals surface area contributed by atoms with Gasteiger partial charge in [0.1, 0.15) is 17.8 Å². The minimum absolute atomic E-state index is 0.0557. The largest absolute Gasteiger partial charge is 0.350 e. The fourth-order valence-electron chi connectivity index (χ4n) is 3.66. The summed E-state index contributed by atoms with van der Waals surface area (Å²) in [6.07, 6.45) is 5.42. The van der Waals surface area contributed by atoms with Gasteiger partial charge in [-0.3, -0.25) is 4.79 Å². The van der Waals surface area contributed by atoms with Crippen LogP contribution in [0.15, 0.2) is 53.7 Å². The summed E-state index contributed by atoms with van der Waals surface area (Å²) in [5, 5.41) is 4.45. The zero-order valence-electron chi connectivity index (χ0n) is 15.7. The molecule has 0 unspecified atom stereocenters. The Morgan fingerprint density at radius 1 is 1.14 bits per heavy atom. The van der Waals surface area contributed by atoms with Crippen molar-refractivity contribution in [2.24, 2.45) is 13.0 Å². The number of carbonyl (C=O) groups is 1. The second-order valence-corrected chi connectivity index (χ2v) is 7.03. The SMILES string of the molecule is Cn1nc(CC2CCN(C(=O)c3ccncn3)CC2)n(-c2ccccc2)c1=O. The maximum atomic E-state index is 12.5. The molecule has 0 atom stereocenters. The van der Waals surface area contributed by atoms with Gasteiger partial charge < -0.3 is 4.90 Å². The summed E-state index contributed by atoms with van der Waals surface area (Å²) in [7, 11) is 1.67. The molecule has 1 aliphatic heterocycles. The first kappa shape index (κ1) is 18.1. The van der Waals surface area contributed by atoms with Crippen LogP contribution in [-0.2, 0) is 13.5 Å². The molecule has 1 fully saturated rings. The molecule has 4 rings (SSSR count). The van der Waals surface area contributed by atoms with E-state index in [-0.39, 0.29) is 11.6 Å². The van der Waals surface area contributed by atoms with Crippen molar-refractivity contribution in [2.75, 3.05) is 13.1 Å². The van der Waals surface area contributed by atoms with Gasteiger partial charge in [0.05, 0.1) is 5.69 Å². The van der Waals surface area contributed by atoms with Crippen LogP contribution in [0.1, 0.15) is 29.2 Å². The molecule has 2 aromatic heterocycles. The molecule has 3 heterocycles. The number of benzene rings is 1. The Morgan fingerprint density at radius 2 is 1.89 bits per heavy atom. The maximum Gasteiger partial charge on any atom is 0.350 e. The number of rotatable bonds is 4. The zero-order chi connectivity index (χ0) is 19.5. The zero-order valence-corrected chi connectivity index (χ0v) is 15.7. The van der Waals surface area contributed by atoms with Crippen LogP contribution in [0.5, 0.6) is 0 Å². The van der Waals surface area contributed by atoms with Gasteiger partial charge in [-0.05, 0) is 37.0 Å². The van der Waals surface area contributed by atoms with Crippen LogP contribution < -0.4 is 5.69 Å². The van der Waals surface area contributed by atoms with E-state index in [1.165, 1.54) is 11.0 Å². The lowest BCUT2D eigenvalue weighted by Gasteiger charge is -2.31. The lowest BCUT2D eigenvalue weighted by Crippen LogP contribution is -2.39. The highest BCUT2D eigenvalue weighted by atomic mass is 16.2. The van der Waals surface area contributed by atoms with Gasteiger partial charge in [-0.1, -0.05) is 18.2 Å². The number of piperidine rings is 1. The fraction of sp³-hybridized carbons (Fsp3) is 0.350. The van der Waals surface area contributed by atoms with E-state index in [1.54, 1.807) is 23.9 Å². The van der Waals surface area contributed by atoms with Crippen LogP contribution >= 0.6 is 0 Å². The fourth-order valence-corrected chi connectivity index (χ4v) is 3.66. The number of amides is 1. The minimum Gasteiger partial charge on any atom is -0.337 e. The van der Waals surface area contributed by atoms with Crippen molar-refractivity contribution >= 4 is 5.91 Å². The van der Waals surface area contributed by atoms with Crippen LogP contribution in [0, 0.1) is 5.92 Å². The second kappa shape index (κ2) is 7.75. The van der Waals surface area contributed by atoms with Crippen molar-refractivity contribution in [3.8, 4) is 5.69 Å². The van der Waals surface area contributed by atoms with E-state index < -0.39 is 0 Å². The first-order valence-electron chi connectivity index (χ1n) is 9.39. The third-order valence-corrected chi connectivity index (χ3v) is 5.18. The van der Waals surface area contributed by atoms with Crippen LogP contribution in [0.2, 0.25) is 0 Å². The van der Waals surface area contributed by atoms with Crippen LogP contribution in [0.3, 0.4) is 0 Å². The van der Waals surface area contributed by atoms with Crippen molar-refractivity contribution in [1.29, 1.82) is 0 Å². The number of hydrogen-bond donors (Lipinski definition) is 0. The molecule has 28 heavy (non-hydrogen) atoms. The highest BCUT2D eigenvalue weighted by Gasteiger charge is 2.26. The summed E-state index contributed by atoms with van der Waals surface area (Å²) in [4.78, 5) is 34.8.